The van der Waals surface area contributed by atoms with Gasteiger partial charge >= 0.3 is 5.97 Å². The minimum absolute atomic E-state index is 0.0879. The van der Waals surface area contributed by atoms with Crippen LogP contribution >= 0.6 is 11.6 Å². The monoisotopic (exact) mass is 298 g/mol. The molecule has 2 rings (SSSR count). The molecule has 0 aliphatic carbocycles. The zero-order chi connectivity index (χ0) is 14.9. The van der Waals surface area contributed by atoms with Gasteiger partial charge in [-0.1, -0.05) is 0 Å². The van der Waals surface area contributed by atoms with E-state index >= 15 is 0 Å². The number of fused-ring (bicyclic) bond motifs is 1. The lowest BCUT2D eigenvalue weighted by Crippen LogP contribution is -2.09. The van der Waals surface area contributed by atoms with Crippen molar-refractivity contribution in [3.63, 3.8) is 0 Å². The van der Waals surface area contributed by atoms with Crippen molar-refractivity contribution in [3.05, 3.63) is 17.9 Å². The minimum atomic E-state index is -0.834. The van der Waals surface area contributed by atoms with Crippen molar-refractivity contribution >= 4 is 33.8 Å². The molecule has 0 amide bonds. The molecule has 0 atom stereocenters. The van der Waals surface area contributed by atoms with Crippen molar-refractivity contribution < 1.29 is 28.2 Å². The molecule has 0 saturated carbocycles. The highest BCUT2D eigenvalue weighted by Gasteiger charge is 2.28. The molecule has 0 fully saturated rings. The third-order valence-corrected chi connectivity index (χ3v) is 2.82. The fourth-order valence-electron chi connectivity index (χ4n) is 1.94. The van der Waals surface area contributed by atoms with Gasteiger partial charge in [0.25, 0.3) is 5.24 Å². The van der Waals surface area contributed by atoms with E-state index in [9.17, 15) is 9.59 Å². The summed E-state index contributed by atoms with van der Waals surface area (Å²) in [4.78, 5) is 22.9. The summed E-state index contributed by atoms with van der Waals surface area (Å²) >= 11 is 5.58. The average molecular weight is 299 g/mol. The maximum atomic E-state index is 11.7. The lowest BCUT2D eigenvalue weighted by molar-refractivity contribution is -0.132. The first-order valence-electron chi connectivity index (χ1n) is 5.54. The molecule has 1 aromatic carbocycles. The van der Waals surface area contributed by atoms with E-state index in [0.29, 0.717) is 11.0 Å². The zero-order valence-corrected chi connectivity index (χ0v) is 11.7. The van der Waals surface area contributed by atoms with Gasteiger partial charge in [-0.05, 0) is 17.7 Å². The van der Waals surface area contributed by atoms with Gasteiger partial charge in [-0.25, -0.2) is 0 Å². The number of furan rings is 1. The summed E-state index contributed by atoms with van der Waals surface area (Å²) in [5.41, 5.74) is 0.206. The molecule has 6 nitrogen and oxygen atoms in total. The van der Waals surface area contributed by atoms with Gasteiger partial charge in [-0.3, -0.25) is 9.59 Å². The molecule has 0 unspecified atom stereocenters. The number of benzene rings is 1. The number of hydrogen-bond donors (Lipinski definition) is 0. The van der Waals surface area contributed by atoms with Crippen LogP contribution in [0.4, 0.5) is 0 Å². The first-order valence-corrected chi connectivity index (χ1v) is 5.92. The summed E-state index contributed by atoms with van der Waals surface area (Å²) in [6.45, 7) is 1.20. The highest BCUT2D eigenvalue weighted by molar-refractivity contribution is 6.68. The van der Waals surface area contributed by atoms with Crippen LogP contribution in [0, 0.1) is 0 Å². The maximum absolute atomic E-state index is 11.7. The van der Waals surface area contributed by atoms with Crippen LogP contribution in [0.15, 0.2) is 16.7 Å². The molecule has 0 radical (unpaired) electrons. The summed E-state index contributed by atoms with van der Waals surface area (Å²) in [5, 5.41) is -0.344. The van der Waals surface area contributed by atoms with Crippen LogP contribution in [-0.4, -0.2) is 25.4 Å². The van der Waals surface area contributed by atoms with Gasteiger partial charge in [-0.2, -0.15) is 0 Å². The van der Waals surface area contributed by atoms with Gasteiger partial charge in [0.05, 0.1) is 25.9 Å². The van der Waals surface area contributed by atoms with Gasteiger partial charge in [0.1, 0.15) is 11.3 Å². The zero-order valence-electron chi connectivity index (χ0n) is 11.0. The molecular weight excluding hydrogens is 288 g/mol. The van der Waals surface area contributed by atoms with E-state index in [2.05, 4.69) is 0 Å². The second-order valence-electron chi connectivity index (χ2n) is 3.80. The predicted octanol–water partition coefficient (Wildman–Crippen LogP) is 2.75. The van der Waals surface area contributed by atoms with E-state index in [1.807, 2.05) is 0 Å². The van der Waals surface area contributed by atoms with Crippen molar-refractivity contribution in [2.45, 2.75) is 6.92 Å². The molecule has 0 aliphatic rings. The van der Waals surface area contributed by atoms with Crippen LogP contribution in [0.3, 0.4) is 0 Å². The summed E-state index contributed by atoms with van der Waals surface area (Å²) in [7, 11) is 2.73. The number of halogens is 1. The van der Waals surface area contributed by atoms with Gasteiger partial charge in [0.2, 0.25) is 5.75 Å². The quantitative estimate of drug-likeness (QED) is 0.491. The second kappa shape index (κ2) is 5.42. The van der Waals surface area contributed by atoms with Crippen molar-refractivity contribution in [1.82, 2.24) is 0 Å². The highest BCUT2D eigenvalue weighted by Crippen LogP contribution is 2.46. The molecule has 1 aromatic heterocycles. The Morgan fingerprint density at radius 3 is 2.30 bits per heavy atom. The van der Waals surface area contributed by atoms with E-state index in [1.165, 1.54) is 27.4 Å². The standard InChI is InChI=1S/C13H11ClO6/c1-6(15)20-11-8(13(14)16)9(17-2)7-4-5-19-10(7)12(11)18-3/h4-5H,1-3H3. The fraction of sp³-hybridized carbons (Fsp3) is 0.231. The predicted molar refractivity (Wildman–Crippen MR) is 70.8 cm³/mol. The van der Waals surface area contributed by atoms with Crippen LogP contribution in [0.25, 0.3) is 11.0 Å². The average Bonchev–Trinajstić information content (AvgIpc) is 2.84. The number of esters is 1. The molecule has 0 bridgehead atoms. The van der Waals surface area contributed by atoms with Crippen LogP contribution in [0.2, 0.25) is 0 Å². The van der Waals surface area contributed by atoms with E-state index in [0.717, 1.165) is 0 Å². The van der Waals surface area contributed by atoms with Crippen LogP contribution in [0.1, 0.15) is 17.3 Å². The first kappa shape index (κ1) is 14.2. The number of carbonyl (C=O) groups is 2. The lowest BCUT2D eigenvalue weighted by atomic mass is 10.1. The normalized spacial score (nSPS) is 10.4. The Balaban J connectivity index is 2.93. The smallest absolute Gasteiger partial charge is 0.308 e. The van der Waals surface area contributed by atoms with E-state index in [-0.39, 0.29) is 22.8 Å². The number of ether oxygens (including phenoxy) is 3. The lowest BCUT2D eigenvalue weighted by Gasteiger charge is -2.15. The number of rotatable bonds is 4. The van der Waals surface area contributed by atoms with Gasteiger partial charge < -0.3 is 18.6 Å². The molecule has 0 spiro atoms. The number of methoxy groups -OCH3 is 2. The number of hydrogen-bond acceptors (Lipinski definition) is 6. The molecule has 0 N–H and O–H groups in total. The van der Waals surface area contributed by atoms with Crippen molar-refractivity contribution in [2.24, 2.45) is 0 Å². The van der Waals surface area contributed by atoms with Crippen molar-refractivity contribution in [1.29, 1.82) is 0 Å². The molecule has 0 aliphatic heterocycles. The largest absolute Gasteiger partial charge is 0.495 e. The van der Waals surface area contributed by atoms with Crippen LogP contribution in [0.5, 0.6) is 17.2 Å². The van der Waals surface area contributed by atoms with Gasteiger partial charge in [0, 0.05) is 6.92 Å². The summed E-state index contributed by atoms with van der Waals surface area (Å²) < 4.78 is 20.7. The first-order chi connectivity index (χ1) is 9.51. The summed E-state index contributed by atoms with van der Waals surface area (Å²) in [6.07, 6.45) is 1.40. The second-order valence-corrected chi connectivity index (χ2v) is 4.14. The molecule has 7 heteroatoms. The van der Waals surface area contributed by atoms with Gasteiger partial charge in [-0.15, -0.1) is 0 Å². The Morgan fingerprint density at radius 1 is 1.15 bits per heavy atom. The molecule has 0 saturated heterocycles. The van der Waals surface area contributed by atoms with E-state index in [1.54, 1.807) is 6.07 Å². The third-order valence-electron chi connectivity index (χ3n) is 2.63. The van der Waals surface area contributed by atoms with E-state index in [4.69, 9.17) is 30.2 Å². The Bertz CT molecular complexity index is 688. The summed E-state index contributed by atoms with van der Waals surface area (Å²) in [5.74, 6) is -0.495. The van der Waals surface area contributed by atoms with E-state index < -0.39 is 11.2 Å². The fourth-order valence-corrected chi connectivity index (χ4v) is 2.11. The number of carbonyl (C=O) groups excluding carboxylic acids is 2. The third kappa shape index (κ3) is 2.18. The molecule has 2 aromatic rings. The molecular formula is C13H11ClO6. The Labute approximate surface area is 119 Å². The molecule has 20 heavy (non-hydrogen) atoms. The van der Waals surface area contributed by atoms with Crippen molar-refractivity contribution in [2.75, 3.05) is 14.2 Å². The Hall–Kier alpha value is -2.21. The molecule has 106 valence electrons. The SMILES string of the molecule is COc1c(C(=O)Cl)c(OC(C)=O)c(OC)c2occc12. The van der Waals surface area contributed by atoms with Crippen LogP contribution < -0.4 is 14.2 Å². The minimum Gasteiger partial charge on any atom is -0.495 e. The highest BCUT2D eigenvalue weighted by atomic mass is 35.5. The van der Waals surface area contributed by atoms with Gasteiger partial charge in [0.15, 0.2) is 11.3 Å². The Morgan fingerprint density at radius 2 is 1.80 bits per heavy atom. The Kier molecular flexibility index (Phi) is 3.85. The van der Waals surface area contributed by atoms with Crippen molar-refractivity contribution in [3.8, 4) is 17.2 Å². The van der Waals surface area contributed by atoms with Crippen LogP contribution in [-0.2, 0) is 4.79 Å². The molecule has 1 heterocycles. The maximum Gasteiger partial charge on any atom is 0.308 e. The summed E-state index contributed by atoms with van der Waals surface area (Å²) in [6, 6.07) is 1.59. The topological polar surface area (TPSA) is 75.0 Å².